The molecule has 2 aromatic rings. The Labute approximate surface area is 176 Å². The average Bonchev–Trinajstić information content (AvgIpc) is 2.83. The largest absolute Gasteiger partial charge is 0.465 e. The van der Waals surface area contributed by atoms with E-state index in [1.54, 1.807) is 19.1 Å². The number of hydrogen-bond acceptors (Lipinski definition) is 4. The third kappa shape index (κ3) is 4.51. The summed E-state index contributed by atoms with van der Waals surface area (Å²) >= 11 is 6.27. The Bertz CT molecular complexity index is 927. The number of halogens is 1. The Kier molecular flexibility index (Phi) is 6.70. The topological polar surface area (TPSA) is 59.0 Å². The third-order valence-electron chi connectivity index (χ3n) is 5.12. The average molecular weight is 413 g/mol. The van der Waals surface area contributed by atoms with Crippen molar-refractivity contribution in [2.75, 3.05) is 18.1 Å². The minimum absolute atomic E-state index is 0.00990. The van der Waals surface area contributed by atoms with E-state index in [0.717, 1.165) is 23.3 Å². The Morgan fingerprint density at radius 3 is 2.59 bits per heavy atom. The van der Waals surface area contributed by atoms with Crippen molar-refractivity contribution in [1.82, 2.24) is 0 Å². The molecule has 6 heteroatoms. The van der Waals surface area contributed by atoms with Crippen molar-refractivity contribution in [1.29, 1.82) is 0 Å². The molecule has 0 bridgehead atoms. The van der Waals surface area contributed by atoms with E-state index in [2.05, 4.69) is 0 Å². The second kappa shape index (κ2) is 9.23. The van der Waals surface area contributed by atoms with Crippen molar-refractivity contribution in [3.8, 4) is 0 Å². The van der Waals surface area contributed by atoms with Crippen LogP contribution in [0.4, 0.5) is 5.69 Å². The van der Waals surface area contributed by atoms with E-state index in [1.807, 2.05) is 50.2 Å². The summed E-state index contributed by atoms with van der Waals surface area (Å²) < 4.78 is 5.11. The summed E-state index contributed by atoms with van der Waals surface area (Å²) in [4.78, 5) is 32.1. The number of carbonyl (C=O) groups is 2. The fraction of sp³-hybridized carbons (Fsp3) is 0.348. The fourth-order valence-electron chi connectivity index (χ4n) is 3.39. The normalized spacial score (nSPS) is 17.2. The first-order chi connectivity index (χ1) is 14.0. The number of anilines is 1. The number of rotatable bonds is 6. The number of nitrogens with zero attached hydrogens (tertiary/aromatic N) is 2. The Morgan fingerprint density at radius 2 is 1.93 bits per heavy atom. The molecular formula is C23H25ClN2O3. The molecule has 0 fully saturated rings. The summed E-state index contributed by atoms with van der Waals surface area (Å²) in [6.07, 6.45) is 0.784. The minimum Gasteiger partial charge on any atom is -0.465 e. The van der Waals surface area contributed by atoms with Crippen molar-refractivity contribution in [3.63, 3.8) is 0 Å². The smallest absolute Gasteiger partial charge is 0.326 e. The maximum Gasteiger partial charge on any atom is 0.326 e. The molecule has 2 atom stereocenters. The molecule has 29 heavy (non-hydrogen) atoms. The molecule has 1 heterocycles. The quantitative estimate of drug-likeness (QED) is 0.656. The second-order valence-corrected chi connectivity index (χ2v) is 7.50. The Morgan fingerprint density at radius 1 is 1.21 bits per heavy atom. The number of benzodiazepines with no additional fused rings is 1. The van der Waals surface area contributed by atoms with Gasteiger partial charge in [-0.3, -0.25) is 19.5 Å². The number of carbonyl (C=O) groups excluding carboxylic acids is 2. The van der Waals surface area contributed by atoms with Gasteiger partial charge in [0.05, 0.1) is 18.0 Å². The van der Waals surface area contributed by atoms with Crippen LogP contribution in [0.2, 0.25) is 5.02 Å². The molecule has 1 aliphatic heterocycles. The van der Waals surface area contributed by atoms with E-state index in [1.165, 1.54) is 4.90 Å². The zero-order valence-corrected chi connectivity index (χ0v) is 17.6. The highest BCUT2D eigenvalue weighted by Gasteiger charge is 2.35. The molecule has 0 aliphatic carbocycles. The lowest BCUT2D eigenvalue weighted by atomic mass is 9.98. The molecule has 2 aromatic carbocycles. The number of amides is 1. The van der Waals surface area contributed by atoms with Crippen LogP contribution >= 0.6 is 11.6 Å². The van der Waals surface area contributed by atoms with Gasteiger partial charge >= 0.3 is 5.97 Å². The summed E-state index contributed by atoms with van der Waals surface area (Å²) in [7, 11) is 0. The van der Waals surface area contributed by atoms with Gasteiger partial charge in [0.2, 0.25) is 0 Å². The first kappa shape index (κ1) is 21.1. The molecule has 0 N–H and O–H groups in total. The maximum absolute atomic E-state index is 13.5. The third-order valence-corrected chi connectivity index (χ3v) is 5.35. The number of benzene rings is 2. The standard InChI is InChI=1S/C23H25ClN2O3/c1-4-15(3)21-23(28)26(14-20(27)29-5-2)19-13-17(24)11-12-18(19)22(25-21)16-9-7-6-8-10-16/h6-13,15,21H,4-5,14H2,1-3H3/t15-,21-/m0/s1. The molecule has 0 saturated heterocycles. The number of hydrogen-bond donors (Lipinski definition) is 0. The number of aliphatic imine (C=N–C) groups is 1. The molecule has 1 amide bonds. The number of ether oxygens (including phenoxy) is 1. The Hall–Kier alpha value is -2.66. The van der Waals surface area contributed by atoms with Gasteiger partial charge < -0.3 is 4.74 Å². The molecule has 152 valence electrons. The van der Waals surface area contributed by atoms with Crippen LogP contribution in [-0.4, -0.2) is 36.8 Å². The highest BCUT2D eigenvalue weighted by atomic mass is 35.5. The first-order valence-corrected chi connectivity index (χ1v) is 10.2. The summed E-state index contributed by atoms with van der Waals surface area (Å²) in [6, 6.07) is 14.5. The molecule has 0 spiro atoms. The summed E-state index contributed by atoms with van der Waals surface area (Å²) in [5, 5.41) is 0.486. The molecule has 0 radical (unpaired) electrons. The molecule has 3 rings (SSSR count). The predicted molar refractivity (Wildman–Crippen MR) is 116 cm³/mol. The van der Waals surface area contributed by atoms with E-state index < -0.39 is 12.0 Å². The van der Waals surface area contributed by atoms with Gasteiger partial charge in [-0.05, 0) is 31.0 Å². The van der Waals surface area contributed by atoms with Crippen LogP contribution in [0, 0.1) is 5.92 Å². The molecule has 0 aromatic heterocycles. The highest BCUT2D eigenvalue weighted by molar-refractivity contribution is 6.31. The van der Waals surface area contributed by atoms with Gasteiger partial charge in [-0.15, -0.1) is 0 Å². The Balaban J connectivity index is 2.21. The second-order valence-electron chi connectivity index (χ2n) is 7.06. The van der Waals surface area contributed by atoms with Gasteiger partial charge in [0.15, 0.2) is 0 Å². The van der Waals surface area contributed by atoms with Crippen molar-refractivity contribution >= 4 is 34.9 Å². The maximum atomic E-state index is 13.5. The van der Waals surface area contributed by atoms with Gasteiger partial charge in [-0.2, -0.15) is 0 Å². The number of esters is 1. The van der Waals surface area contributed by atoms with E-state index >= 15 is 0 Å². The molecule has 1 aliphatic rings. The van der Waals surface area contributed by atoms with Crippen molar-refractivity contribution < 1.29 is 14.3 Å². The van der Waals surface area contributed by atoms with E-state index in [0.29, 0.717) is 10.7 Å². The lowest BCUT2D eigenvalue weighted by Crippen LogP contribution is -2.43. The summed E-state index contributed by atoms with van der Waals surface area (Å²) in [5.41, 5.74) is 2.98. The van der Waals surface area contributed by atoms with Crippen molar-refractivity contribution in [2.45, 2.75) is 33.2 Å². The van der Waals surface area contributed by atoms with Crippen LogP contribution in [0.15, 0.2) is 53.5 Å². The van der Waals surface area contributed by atoms with Crippen LogP contribution in [-0.2, 0) is 14.3 Å². The van der Waals surface area contributed by atoms with Gasteiger partial charge in [-0.25, -0.2) is 0 Å². The first-order valence-electron chi connectivity index (χ1n) is 9.86. The molecule has 0 saturated carbocycles. The van der Waals surface area contributed by atoms with Gasteiger partial charge in [0, 0.05) is 16.1 Å². The summed E-state index contributed by atoms with van der Waals surface area (Å²) in [6.45, 7) is 5.85. The van der Waals surface area contributed by atoms with Gasteiger partial charge in [0.25, 0.3) is 5.91 Å². The van der Waals surface area contributed by atoms with Crippen LogP contribution < -0.4 is 4.90 Å². The van der Waals surface area contributed by atoms with Gasteiger partial charge in [0.1, 0.15) is 12.6 Å². The zero-order valence-electron chi connectivity index (χ0n) is 16.9. The van der Waals surface area contributed by atoms with E-state index in [4.69, 9.17) is 21.3 Å². The van der Waals surface area contributed by atoms with Gasteiger partial charge in [-0.1, -0.05) is 62.2 Å². The molecule has 5 nitrogen and oxygen atoms in total. The fourth-order valence-corrected chi connectivity index (χ4v) is 3.56. The highest BCUT2D eigenvalue weighted by Crippen LogP contribution is 2.33. The van der Waals surface area contributed by atoms with Crippen LogP contribution in [0.5, 0.6) is 0 Å². The SMILES string of the molecule is CCOC(=O)CN1C(=O)[C@H]([C@@H](C)CC)N=C(c2ccccc2)c2ccc(Cl)cc21. The monoisotopic (exact) mass is 412 g/mol. The molecular weight excluding hydrogens is 388 g/mol. The lowest BCUT2D eigenvalue weighted by Gasteiger charge is -2.26. The van der Waals surface area contributed by atoms with Crippen molar-refractivity contribution in [2.24, 2.45) is 10.9 Å². The number of fused-ring (bicyclic) bond motifs is 1. The van der Waals surface area contributed by atoms with Crippen LogP contribution in [0.1, 0.15) is 38.3 Å². The summed E-state index contributed by atoms with van der Waals surface area (Å²) in [5.74, 6) is -0.671. The van der Waals surface area contributed by atoms with Crippen LogP contribution in [0.3, 0.4) is 0 Å². The lowest BCUT2D eigenvalue weighted by molar-refractivity contribution is -0.142. The van der Waals surface area contributed by atoms with E-state index in [9.17, 15) is 9.59 Å². The predicted octanol–water partition coefficient (Wildman–Crippen LogP) is 4.50. The zero-order chi connectivity index (χ0) is 21.0. The minimum atomic E-state index is -0.601. The van der Waals surface area contributed by atoms with Crippen molar-refractivity contribution in [3.05, 3.63) is 64.7 Å². The van der Waals surface area contributed by atoms with E-state index in [-0.39, 0.29) is 25.0 Å². The molecule has 0 unspecified atom stereocenters. The van der Waals surface area contributed by atoms with Crippen LogP contribution in [0.25, 0.3) is 0 Å².